The lowest BCUT2D eigenvalue weighted by atomic mass is 9.46. The van der Waals surface area contributed by atoms with Gasteiger partial charge in [0.15, 0.2) is 0 Å². The smallest absolute Gasteiger partial charge is 0.223 e. The van der Waals surface area contributed by atoms with Gasteiger partial charge in [0.25, 0.3) is 0 Å². The zero-order chi connectivity index (χ0) is 17.3. The van der Waals surface area contributed by atoms with Crippen molar-refractivity contribution in [2.24, 2.45) is 40.4 Å². The second-order valence-corrected chi connectivity index (χ2v) is 9.91. The van der Waals surface area contributed by atoms with Gasteiger partial charge in [-0.1, -0.05) is 20.8 Å². The molecule has 4 rings (SSSR count). The molecule has 1 N–H and O–H groups in total. The Kier molecular flexibility index (Phi) is 3.68. The number of piperidine rings is 1. The van der Waals surface area contributed by atoms with Crippen LogP contribution in [0, 0.1) is 40.4 Å². The zero-order valence-electron chi connectivity index (χ0n) is 15.7. The van der Waals surface area contributed by atoms with Gasteiger partial charge in [0.2, 0.25) is 5.91 Å². The second kappa shape index (κ2) is 5.32. The molecule has 1 saturated heterocycles. The molecule has 0 bridgehead atoms. The molecule has 3 heteroatoms. The van der Waals surface area contributed by atoms with E-state index in [0.717, 1.165) is 37.0 Å². The van der Waals surface area contributed by atoms with Crippen molar-refractivity contribution in [3.05, 3.63) is 0 Å². The van der Waals surface area contributed by atoms with Crippen LogP contribution in [0.25, 0.3) is 0 Å². The summed E-state index contributed by atoms with van der Waals surface area (Å²) in [6, 6.07) is 0.372. The highest BCUT2D eigenvalue weighted by atomic mass is 16.2. The highest BCUT2D eigenvalue weighted by molar-refractivity contribution is 5.80. The fraction of sp³-hybridized carbons (Fsp3) is 0.905. The van der Waals surface area contributed by atoms with Crippen molar-refractivity contribution >= 4 is 11.7 Å². The van der Waals surface area contributed by atoms with Crippen molar-refractivity contribution in [3.63, 3.8) is 0 Å². The number of carbonyl (C=O) groups excluding carboxylic acids is 2. The number of ketones is 1. The van der Waals surface area contributed by atoms with Crippen molar-refractivity contribution in [3.8, 4) is 0 Å². The third kappa shape index (κ3) is 2.08. The standard InChI is InChI=1S/C21H33NO2/c1-12-11-21(4)17-9-10-20(3)15(13(2)23)6-7-16(20)14(17)5-8-18(21)22-19(12)24/h12,14-18H,5-11H2,1-4H3,(H,22,24). The van der Waals surface area contributed by atoms with Gasteiger partial charge in [-0.15, -0.1) is 0 Å². The van der Waals surface area contributed by atoms with Gasteiger partial charge in [0.05, 0.1) is 0 Å². The minimum Gasteiger partial charge on any atom is -0.353 e. The van der Waals surface area contributed by atoms with E-state index in [2.05, 4.69) is 26.1 Å². The summed E-state index contributed by atoms with van der Waals surface area (Å²) < 4.78 is 0. The van der Waals surface area contributed by atoms with Gasteiger partial charge in [-0.2, -0.15) is 0 Å². The molecule has 4 aliphatic rings. The number of fused-ring (bicyclic) bond motifs is 5. The van der Waals surface area contributed by atoms with E-state index in [1.165, 1.54) is 25.7 Å². The molecule has 0 aromatic carbocycles. The third-order valence-electron chi connectivity index (χ3n) is 8.87. The topological polar surface area (TPSA) is 46.2 Å². The van der Waals surface area contributed by atoms with Crippen molar-refractivity contribution in [2.75, 3.05) is 0 Å². The fourth-order valence-electron chi connectivity index (χ4n) is 7.72. The average Bonchev–Trinajstić information content (AvgIpc) is 2.86. The number of nitrogens with one attached hydrogen (secondary N) is 1. The van der Waals surface area contributed by atoms with E-state index >= 15 is 0 Å². The molecule has 0 aromatic heterocycles. The maximum Gasteiger partial charge on any atom is 0.223 e. The number of hydrogen-bond donors (Lipinski definition) is 1. The Morgan fingerprint density at radius 1 is 1.04 bits per heavy atom. The van der Waals surface area contributed by atoms with Crippen LogP contribution in [-0.2, 0) is 9.59 Å². The van der Waals surface area contributed by atoms with E-state index < -0.39 is 0 Å². The summed E-state index contributed by atoms with van der Waals surface area (Å²) in [5, 5.41) is 3.34. The molecule has 134 valence electrons. The lowest BCUT2D eigenvalue weighted by molar-refractivity contribution is -0.145. The number of Topliss-reactive ketones (excluding diaryl/α,β-unsaturated/α-hetero) is 1. The molecule has 0 spiro atoms. The Balaban J connectivity index is 1.64. The first-order chi connectivity index (χ1) is 11.3. The van der Waals surface area contributed by atoms with Gasteiger partial charge in [0, 0.05) is 17.9 Å². The molecule has 24 heavy (non-hydrogen) atoms. The molecule has 3 saturated carbocycles. The Bertz CT molecular complexity index is 572. The molecule has 8 atom stereocenters. The number of hydrogen-bond acceptors (Lipinski definition) is 2. The highest BCUT2D eigenvalue weighted by Crippen LogP contribution is 2.65. The predicted octanol–water partition coefficient (Wildman–Crippen LogP) is 3.96. The lowest BCUT2D eigenvalue weighted by Crippen LogP contribution is -2.62. The van der Waals surface area contributed by atoms with E-state index in [1.807, 2.05) is 0 Å². The monoisotopic (exact) mass is 331 g/mol. The van der Waals surface area contributed by atoms with Crippen LogP contribution >= 0.6 is 0 Å². The predicted molar refractivity (Wildman–Crippen MR) is 94.3 cm³/mol. The highest BCUT2D eigenvalue weighted by Gasteiger charge is 2.61. The maximum atomic E-state index is 12.2. The molecule has 4 fully saturated rings. The first kappa shape index (κ1) is 16.6. The third-order valence-corrected chi connectivity index (χ3v) is 8.87. The minimum absolute atomic E-state index is 0.145. The SMILES string of the molecule is CC(=O)C1CCC2C3CCC4NC(=O)C(C)CC4(C)C3CCC12C. The largest absolute Gasteiger partial charge is 0.353 e. The van der Waals surface area contributed by atoms with Crippen molar-refractivity contribution in [1.82, 2.24) is 5.32 Å². The molecule has 1 heterocycles. The van der Waals surface area contributed by atoms with Crippen LogP contribution in [0.3, 0.4) is 0 Å². The Labute approximate surface area is 146 Å². The average molecular weight is 332 g/mol. The summed E-state index contributed by atoms with van der Waals surface area (Å²) in [6.07, 6.45) is 8.21. The second-order valence-electron chi connectivity index (χ2n) is 9.91. The quantitative estimate of drug-likeness (QED) is 0.790. The first-order valence-electron chi connectivity index (χ1n) is 10.1. The fourth-order valence-corrected chi connectivity index (χ4v) is 7.72. The summed E-state index contributed by atoms with van der Waals surface area (Å²) in [5.74, 6) is 3.31. The van der Waals surface area contributed by atoms with E-state index in [9.17, 15) is 9.59 Å². The maximum absolute atomic E-state index is 12.2. The normalized spacial score (nSPS) is 53.6. The van der Waals surface area contributed by atoms with Crippen LogP contribution in [0.5, 0.6) is 0 Å². The van der Waals surface area contributed by atoms with Crippen LogP contribution in [0.2, 0.25) is 0 Å². The van der Waals surface area contributed by atoms with Crippen molar-refractivity contribution < 1.29 is 9.59 Å². The van der Waals surface area contributed by atoms with Gasteiger partial charge in [-0.3, -0.25) is 9.59 Å². The molecule has 3 aliphatic carbocycles. The van der Waals surface area contributed by atoms with Crippen LogP contribution in [0.15, 0.2) is 0 Å². The molecule has 3 nitrogen and oxygen atoms in total. The number of carbonyl (C=O) groups is 2. The molecule has 1 aliphatic heterocycles. The van der Waals surface area contributed by atoms with Crippen LogP contribution in [0.1, 0.15) is 72.6 Å². The number of amides is 1. The van der Waals surface area contributed by atoms with E-state index in [-0.39, 0.29) is 22.7 Å². The minimum atomic E-state index is 0.145. The van der Waals surface area contributed by atoms with Gasteiger partial charge < -0.3 is 5.32 Å². The van der Waals surface area contributed by atoms with Crippen LogP contribution in [0.4, 0.5) is 0 Å². The van der Waals surface area contributed by atoms with E-state index in [1.54, 1.807) is 6.92 Å². The molecule has 8 unspecified atom stereocenters. The van der Waals surface area contributed by atoms with Crippen LogP contribution < -0.4 is 5.32 Å². The zero-order valence-corrected chi connectivity index (χ0v) is 15.7. The molecule has 0 aromatic rings. The Morgan fingerprint density at radius 3 is 2.46 bits per heavy atom. The van der Waals surface area contributed by atoms with Gasteiger partial charge in [0.1, 0.15) is 5.78 Å². The number of rotatable bonds is 1. The molecular weight excluding hydrogens is 298 g/mol. The van der Waals surface area contributed by atoms with Crippen molar-refractivity contribution in [2.45, 2.75) is 78.7 Å². The first-order valence-corrected chi connectivity index (χ1v) is 10.1. The summed E-state index contributed by atoms with van der Waals surface area (Å²) in [7, 11) is 0. The Hall–Kier alpha value is -0.860. The van der Waals surface area contributed by atoms with Gasteiger partial charge in [-0.25, -0.2) is 0 Å². The summed E-state index contributed by atoms with van der Waals surface area (Å²) in [5.41, 5.74) is 0.492. The van der Waals surface area contributed by atoms with Gasteiger partial charge in [-0.05, 0) is 80.5 Å². The molecule has 1 amide bonds. The molecule has 0 radical (unpaired) electrons. The lowest BCUT2D eigenvalue weighted by Gasteiger charge is -2.60. The summed E-state index contributed by atoms with van der Waals surface area (Å²) in [6.45, 7) is 8.76. The van der Waals surface area contributed by atoms with E-state index in [0.29, 0.717) is 17.7 Å². The van der Waals surface area contributed by atoms with Gasteiger partial charge >= 0.3 is 0 Å². The van der Waals surface area contributed by atoms with E-state index in [4.69, 9.17) is 0 Å². The van der Waals surface area contributed by atoms with Crippen molar-refractivity contribution in [1.29, 1.82) is 0 Å². The summed E-state index contributed by atoms with van der Waals surface area (Å²) in [4.78, 5) is 24.3. The molecular formula is C21H33NO2. The Morgan fingerprint density at radius 2 is 1.75 bits per heavy atom. The van der Waals surface area contributed by atoms with Crippen LogP contribution in [-0.4, -0.2) is 17.7 Å². The summed E-state index contributed by atoms with van der Waals surface area (Å²) >= 11 is 0.